The lowest BCUT2D eigenvalue weighted by atomic mass is 9.91. The zero-order chi connectivity index (χ0) is 14.2. The van der Waals surface area contributed by atoms with Crippen LogP contribution in [-0.4, -0.2) is 38.0 Å². The van der Waals surface area contributed by atoms with E-state index in [1.807, 2.05) is 13.0 Å². The van der Waals surface area contributed by atoms with E-state index in [1.165, 1.54) is 0 Å². The van der Waals surface area contributed by atoms with Crippen molar-refractivity contribution in [2.24, 2.45) is 0 Å². The van der Waals surface area contributed by atoms with Gasteiger partial charge in [-0.05, 0) is 37.5 Å². The summed E-state index contributed by atoms with van der Waals surface area (Å²) >= 11 is 0. The molecule has 1 aliphatic carbocycles. The Morgan fingerprint density at radius 2 is 2.05 bits per heavy atom. The predicted molar refractivity (Wildman–Crippen MR) is 77.1 cm³/mol. The van der Waals surface area contributed by atoms with E-state index in [0.717, 1.165) is 31.2 Å². The lowest BCUT2D eigenvalue weighted by Crippen LogP contribution is -2.54. The van der Waals surface area contributed by atoms with Gasteiger partial charge >= 0.3 is 0 Å². The van der Waals surface area contributed by atoms with Crippen LogP contribution in [0.2, 0.25) is 0 Å². The van der Waals surface area contributed by atoms with E-state index >= 15 is 0 Å². The largest absolute Gasteiger partial charge is 0.375 e. The molecule has 5 heteroatoms. The first kappa shape index (κ1) is 14.0. The molecule has 1 aromatic carbocycles. The molecule has 3 rings (SSSR count). The summed E-state index contributed by atoms with van der Waals surface area (Å²) in [6, 6.07) is 7.18. The Kier molecular flexibility index (Phi) is 3.84. The Balaban J connectivity index is 1.93. The molecule has 0 spiro atoms. The fourth-order valence-corrected chi connectivity index (χ4v) is 5.04. The first-order valence-corrected chi connectivity index (χ1v) is 8.73. The maximum Gasteiger partial charge on any atom is 0.243 e. The van der Waals surface area contributed by atoms with E-state index in [1.54, 1.807) is 22.5 Å². The number of hydrogen-bond acceptors (Lipinski definition) is 3. The average Bonchev–Trinajstić information content (AvgIpc) is 2.46. The molecule has 0 radical (unpaired) electrons. The standard InChI is InChI=1S/C15H21NO3S/c1-12-5-4-6-13(11-12)20(17,18)16-9-10-19-15-8-3-2-7-14(15)16/h4-6,11,14-15H,2-3,7-10H2,1H3/t14-,15-/m1/s1. The van der Waals surface area contributed by atoms with Crippen molar-refractivity contribution in [3.8, 4) is 0 Å². The summed E-state index contributed by atoms with van der Waals surface area (Å²) in [6.07, 6.45) is 4.20. The van der Waals surface area contributed by atoms with Crippen LogP contribution in [0.15, 0.2) is 29.2 Å². The van der Waals surface area contributed by atoms with Crippen molar-refractivity contribution in [3.05, 3.63) is 29.8 Å². The van der Waals surface area contributed by atoms with Crippen LogP contribution in [0.3, 0.4) is 0 Å². The molecule has 1 aromatic rings. The Hall–Kier alpha value is -0.910. The van der Waals surface area contributed by atoms with Crippen molar-refractivity contribution in [1.29, 1.82) is 0 Å². The van der Waals surface area contributed by atoms with Crippen molar-refractivity contribution in [2.75, 3.05) is 13.2 Å². The molecule has 110 valence electrons. The Labute approximate surface area is 120 Å². The van der Waals surface area contributed by atoms with Crippen LogP contribution in [0.5, 0.6) is 0 Å². The van der Waals surface area contributed by atoms with E-state index in [-0.39, 0.29) is 12.1 Å². The van der Waals surface area contributed by atoms with Gasteiger partial charge in [-0.3, -0.25) is 0 Å². The number of hydrogen-bond donors (Lipinski definition) is 0. The van der Waals surface area contributed by atoms with E-state index < -0.39 is 10.0 Å². The van der Waals surface area contributed by atoms with Crippen LogP contribution in [0, 0.1) is 6.92 Å². The number of rotatable bonds is 2. The summed E-state index contributed by atoms with van der Waals surface area (Å²) in [5.41, 5.74) is 0.972. The number of fused-ring (bicyclic) bond motifs is 1. The van der Waals surface area contributed by atoms with Crippen molar-refractivity contribution in [1.82, 2.24) is 4.31 Å². The molecule has 0 unspecified atom stereocenters. The van der Waals surface area contributed by atoms with Gasteiger partial charge in [0.25, 0.3) is 0 Å². The summed E-state index contributed by atoms with van der Waals surface area (Å²) in [7, 11) is -3.40. The average molecular weight is 295 g/mol. The van der Waals surface area contributed by atoms with Gasteiger partial charge in [-0.15, -0.1) is 0 Å². The van der Waals surface area contributed by atoms with Gasteiger partial charge in [0.2, 0.25) is 10.0 Å². The number of aryl methyl sites for hydroxylation is 1. The number of ether oxygens (including phenoxy) is 1. The zero-order valence-corrected chi connectivity index (χ0v) is 12.6. The van der Waals surface area contributed by atoms with Crippen LogP contribution in [-0.2, 0) is 14.8 Å². The minimum atomic E-state index is -3.40. The third-order valence-electron chi connectivity index (χ3n) is 4.28. The Morgan fingerprint density at radius 3 is 2.85 bits per heavy atom. The second kappa shape index (κ2) is 5.47. The van der Waals surface area contributed by atoms with Crippen LogP contribution in [0.4, 0.5) is 0 Å². The first-order valence-electron chi connectivity index (χ1n) is 7.29. The molecule has 0 amide bonds. The number of nitrogens with zero attached hydrogens (tertiary/aromatic N) is 1. The topological polar surface area (TPSA) is 46.6 Å². The van der Waals surface area contributed by atoms with Crippen molar-refractivity contribution >= 4 is 10.0 Å². The second-order valence-corrected chi connectivity index (χ2v) is 7.58. The summed E-state index contributed by atoms with van der Waals surface area (Å²) in [4.78, 5) is 0.406. The molecule has 0 N–H and O–H groups in total. The molecule has 0 aromatic heterocycles. The summed E-state index contributed by atoms with van der Waals surface area (Å²) < 4.78 is 33.2. The normalized spacial score (nSPS) is 28.1. The lowest BCUT2D eigenvalue weighted by molar-refractivity contribution is -0.0586. The second-order valence-electron chi connectivity index (χ2n) is 5.69. The molecule has 2 fully saturated rings. The molecule has 1 saturated carbocycles. The number of morpholine rings is 1. The fourth-order valence-electron chi connectivity index (χ4n) is 3.27. The third kappa shape index (κ3) is 2.50. The minimum Gasteiger partial charge on any atom is -0.375 e. The van der Waals surface area contributed by atoms with Gasteiger partial charge in [0, 0.05) is 6.54 Å². The Bertz CT molecular complexity index is 583. The Morgan fingerprint density at radius 1 is 1.25 bits per heavy atom. The van der Waals surface area contributed by atoms with E-state index in [0.29, 0.717) is 18.0 Å². The van der Waals surface area contributed by atoms with Crippen LogP contribution in [0.25, 0.3) is 0 Å². The molecule has 1 aliphatic heterocycles. The molecule has 1 heterocycles. The lowest BCUT2D eigenvalue weighted by Gasteiger charge is -2.42. The highest BCUT2D eigenvalue weighted by atomic mass is 32.2. The highest BCUT2D eigenvalue weighted by molar-refractivity contribution is 7.89. The highest BCUT2D eigenvalue weighted by Crippen LogP contribution is 2.32. The van der Waals surface area contributed by atoms with Gasteiger partial charge < -0.3 is 4.74 Å². The predicted octanol–water partition coefficient (Wildman–Crippen LogP) is 2.33. The van der Waals surface area contributed by atoms with Crippen molar-refractivity contribution in [3.63, 3.8) is 0 Å². The van der Waals surface area contributed by atoms with E-state index in [2.05, 4.69) is 0 Å². The number of sulfonamides is 1. The SMILES string of the molecule is Cc1cccc(S(=O)(=O)N2CCO[C@@H]3CCCC[C@H]32)c1. The molecule has 1 saturated heterocycles. The monoisotopic (exact) mass is 295 g/mol. The molecule has 4 nitrogen and oxygen atoms in total. The zero-order valence-electron chi connectivity index (χ0n) is 11.8. The van der Waals surface area contributed by atoms with E-state index in [9.17, 15) is 8.42 Å². The van der Waals surface area contributed by atoms with Gasteiger partial charge in [0.15, 0.2) is 0 Å². The van der Waals surface area contributed by atoms with Gasteiger partial charge in [0.05, 0.1) is 23.6 Å². The third-order valence-corrected chi connectivity index (χ3v) is 6.20. The van der Waals surface area contributed by atoms with Gasteiger partial charge in [0.1, 0.15) is 0 Å². The minimum absolute atomic E-state index is 0.0167. The quantitative estimate of drug-likeness (QED) is 0.841. The molecule has 2 atom stereocenters. The smallest absolute Gasteiger partial charge is 0.243 e. The maximum atomic E-state index is 12.9. The van der Waals surface area contributed by atoms with Crippen molar-refractivity contribution < 1.29 is 13.2 Å². The summed E-state index contributed by atoms with van der Waals surface area (Å²) in [5.74, 6) is 0. The molecule has 2 aliphatic rings. The van der Waals surface area contributed by atoms with Crippen LogP contribution in [0.1, 0.15) is 31.2 Å². The number of benzene rings is 1. The maximum absolute atomic E-state index is 12.9. The fraction of sp³-hybridized carbons (Fsp3) is 0.600. The van der Waals surface area contributed by atoms with Crippen LogP contribution < -0.4 is 0 Å². The summed E-state index contributed by atoms with van der Waals surface area (Å²) in [6.45, 7) is 2.89. The summed E-state index contributed by atoms with van der Waals surface area (Å²) in [5, 5.41) is 0. The molecular weight excluding hydrogens is 274 g/mol. The van der Waals surface area contributed by atoms with Gasteiger partial charge in [-0.2, -0.15) is 4.31 Å². The van der Waals surface area contributed by atoms with Gasteiger partial charge in [-0.25, -0.2) is 8.42 Å². The molecule has 0 bridgehead atoms. The van der Waals surface area contributed by atoms with Crippen molar-refractivity contribution in [2.45, 2.75) is 49.6 Å². The van der Waals surface area contributed by atoms with Crippen LogP contribution >= 0.6 is 0 Å². The molecule has 20 heavy (non-hydrogen) atoms. The molecular formula is C15H21NO3S. The first-order chi connectivity index (χ1) is 9.59. The van der Waals surface area contributed by atoms with Gasteiger partial charge in [-0.1, -0.05) is 25.0 Å². The van der Waals surface area contributed by atoms with E-state index in [4.69, 9.17) is 4.74 Å². The highest BCUT2D eigenvalue weighted by Gasteiger charge is 2.40.